The van der Waals surface area contributed by atoms with Gasteiger partial charge in [0.2, 0.25) is 5.91 Å². The van der Waals surface area contributed by atoms with Crippen LogP contribution in [0.2, 0.25) is 0 Å². The molecule has 0 radical (unpaired) electrons. The SMILES string of the molecule is N#Cc1ccc2cc1Oc1ccc3cccc(c3c1)N1CCN(CC1=O)Cc1c(Br)ncn1C2. The third-order valence-electron chi connectivity index (χ3n) is 6.44. The Labute approximate surface area is 204 Å². The molecule has 4 heterocycles. The monoisotopic (exact) mass is 513 g/mol. The second kappa shape index (κ2) is 8.28. The van der Waals surface area contributed by atoms with E-state index in [1.165, 1.54) is 0 Å². The van der Waals surface area contributed by atoms with E-state index in [4.69, 9.17) is 4.74 Å². The number of benzene rings is 3. The summed E-state index contributed by atoms with van der Waals surface area (Å²) in [4.78, 5) is 21.7. The van der Waals surface area contributed by atoms with Crippen molar-refractivity contribution in [2.24, 2.45) is 0 Å². The minimum absolute atomic E-state index is 0.0661. The lowest BCUT2D eigenvalue weighted by molar-refractivity contribution is -0.121. The van der Waals surface area contributed by atoms with Crippen molar-refractivity contribution in [3.05, 3.63) is 82.3 Å². The first-order chi connectivity index (χ1) is 16.6. The smallest absolute Gasteiger partial charge is 0.241 e. The number of piperazine rings is 1. The Morgan fingerprint density at radius 1 is 1.03 bits per heavy atom. The Hall–Kier alpha value is -3.67. The molecule has 0 aliphatic carbocycles. The zero-order valence-corrected chi connectivity index (χ0v) is 19.8. The van der Waals surface area contributed by atoms with Crippen LogP contribution in [0.1, 0.15) is 16.8 Å². The van der Waals surface area contributed by atoms with Crippen molar-refractivity contribution in [2.45, 2.75) is 13.1 Å². The molecule has 0 saturated carbocycles. The van der Waals surface area contributed by atoms with Crippen LogP contribution in [0, 0.1) is 11.3 Å². The van der Waals surface area contributed by atoms with Crippen LogP contribution < -0.4 is 9.64 Å². The van der Waals surface area contributed by atoms with E-state index in [9.17, 15) is 10.1 Å². The number of ether oxygens (including phenoxy) is 1. The summed E-state index contributed by atoms with van der Waals surface area (Å²) in [6.07, 6.45) is 1.80. The highest BCUT2D eigenvalue weighted by Crippen LogP contribution is 2.34. The highest BCUT2D eigenvalue weighted by atomic mass is 79.9. The van der Waals surface area contributed by atoms with Crippen molar-refractivity contribution >= 4 is 38.3 Å². The quantitative estimate of drug-likeness (QED) is 0.341. The van der Waals surface area contributed by atoms with E-state index in [0.717, 1.165) is 38.9 Å². The van der Waals surface area contributed by atoms with Crippen LogP contribution in [0.25, 0.3) is 10.8 Å². The molecule has 1 unspecified atom stereocenters. The van der Waals surface area contributed by atoms with E-state index in [1.807, 2.05) is 53.4 Å². The molecule has 3 aliphatic rings. The van der Waals surface area contributed by atoms with E-state index in [0.29, 0.717) is 43.2 Å². The fraction of sp³-hybridized carbons (Fsp3) is 0.192. The van der Waals surface area contributed by atoms with Crippen LogP contribution in [0.5, 0.6) is 11.5 Å². The first-order valence-corrected chi connectivity index (χ1v) is 11.8. The minimum Gasteiger partial charge on any atom is -0.456 e. The highest BCUT2D eigenvalue weighted by Gasteiger charge is 2.28. The fourth-order valence-corrected chi connectivity index (χ4v) is 5.14. The van der Waals surface area contributed by atoms with Gasteiger partial charge in [0, 0.05) is 31.6 Å². The van der Waals surface area contributed by atoms with Gasteiger partial charge in [-0.1, -0.05) is 24.3 Å². The fourth-order valence-electron chi connectivity index (χ4n) is 4.70. The van der Waals surface area contributed by atoms with Crippen molar-refractivity contribution in [1.29, 1.82) is 5.26 Å². The van der Waals surface area contributed by atoms with Gasteiger partial charge in [-0.3, -0.25) is 9.69 Å². The van der Waals surface area contributed by atoms with Crippen molar-refractivity contribution < 1.29 is 9.53 Å². The molecule has 6 bridgehead atoms. The molecule has 1 aromatic heterocycles. The number of amides is 1. The Bertz CT molecular complexity index is 1490. The number of anilines is 1. The zero-order chi connectivity index (χ0) is 23.2. The van der Waals surface area contributed by atoms with Gasteiger partial charge in [-0.25, -0.2) is 4.98 Å². The summed E-state index contributed by atoms with van der Waals surface area (Å²) in [5.74, 6) is 1.19. The van der Waals surface area contributed by atoms with E-state index in [1.54, 1.807) is 12.4 Å². The maximum Gasteiger partial charge on any atom is 0.241 e. The number of carbonyl (C=O) groups is 1. The number of hydrogen-bond acceptors (Lipinski definition) is 5. The van der Waals surface area contributed by atoms with Crippen molar-refractivity contribution in [3.63, 3.8) is 0 Å². The molecule has 0 spiro atoms. The van der Waals surface area contributed by atoms with Crippen LogP contribution in [-0.2, 0) is 17.9 Å². The Kier molecular flexibility index (Phi) is 5.09. The van der Waals surface area contributed by atoms with E-state index in [-0.39, 0.29) is 5.91 Å². The number of imidazole rings is 1. The number of carbonyl (C=O) groups excluding carboxylic acids is 1. The second-order valence-electron chi connectivity index (χ2n) is 8.57. The molecule has 34 heavy (non-hydrogen) atoms. The molecule has 1 saturated heterocycles. The Morgan fingerprint density at radius 2 is 1.94 bits per heavy atom. The molecule has 3 aromatic carbocycles. The van der Waals surface area contributed by atoms with Gasteiger partial charge in [0.25, 0.3) is 0 Å². The van der Waals surface area contributed by atoms with Crippen LogP contribution in [-0.4, -0.2) is 40.0 Å². The third kappa shape index (κ3) is 3.63. The number of nitrogens with zero attached hydrogens (tertiary/aromatic N) is 5. The van der Waals surface area contributed by atoms with Gasteiger partial charge in [-0.05, 0) is 57.2 Å². The summed E-state index contributed by atoms with van der Waals surface area (Å²) in [6, 6.07) is 19.7. The van der Waals surface area contributed by atoms with Crippen LogP contribution in [0.4, 0.5) is 5.69 Å². The summed E-state index contributed by atoms with van der Waals surface area (Å²) < 4.78 is 9.07. The molecular weight excluding hydrogens is 494 g/mol. The largest absolute Gasteiger partial charge is 0.456 e. The highest BCUT2D eigenvalue weighted by molar-refractivity contribution is 9.10. The molecule has 8 heteroatoms. The summed E-state index contributed by atoms with van der Waals surface area (Å²) in [6.45, 7) is 2.89. The lowest BCUT2D eigenvalue weighted by atomic mass is 10.1. The average Bonchev–Trinajstić information content (AvgIpc) is 3.17. The molecule has 1 amide bonds. The second-order valence-corrected chi connectivity index (χ2v) is 9.32. The van der Waals surface area contributed by atoms with E-state index in [2.05, 4.69) is 36.5 Å². The standard InChI is InChI=1S/C26H20BrN5O2/c27-26-23-14-30-8-9-32(25(33)15-30)22-3-1-2-18-6-7-20(11-21(18)22)34-24-10-17(4-5-19(24)12-28)13-31(23)16-29-26/h1-7,10-11,16H,8-9,13-15H2. The number of rotatable bonds is 0. The molecule has 7 nitrogen and oxygen atoms in total. The molecule has 0 N–H and O–H groups in total. The maximum absolute atomic E-state index is 13.2. The third-order valence-corrected chi connectivity index (χ3v) is 7.10. The van der Waals surface area contributed by atoms with E-state index >= 15 is 0 Å². The van der Waals surface area contributed by atoms with Gasteiger partial charge in [0.1, 0.15) is 22.2 Å². The molecule has 1 fully saturated rings. The molecule has 4 aromatic rings. The molecular formula is C26H20BrN5O2. The van der Waals surface area contributed by atoms with Gasteiger partial charge >= 0.3 is 0 Å². The number of fused-ring (bicyclic) bond motifs is 2. The van der Waals surface area contributed by atoms with Crippen molar-refractivity contribution in [1.82, 2.24) is 14.5 Å². The van der Waals surface area contributed by atoms with Crippen LogP contribution >= 0.6 is 15.9 Å². The first kappa shape index (κ1) is 20.9. The van der Waals surface area contributed by atoms with E-state index < -0.39 is 0 Å². The molecule has 1 atom stereocenters. The first-order valence-electron chi connectivity index (χ1n) is 11.0. The average molecular weight is 514 g/mol. The molecule has 3 aliphatic heterocycles. The van der Waals surface area contributed by atoms with Crippen LogP contribution in [0.3, 0.4) is 0 Å². The number of hydrogen-bond donors (Lipinski definition) is 0. The number of aromatic nitrogens is 2. The summed E-state index contributed by atoms with van der Waals surface area (Å²) in [7, 11) is 0. The molecule has 168 valence electrons. The van der Waals surface area contributed by atoms with Crippen molar-refractivity contribution in [2.75, 3.05) is 24.5 Å². The number of nitriles is 1. The van der Waals surface area contributed by atoms with Gasteiger partial charge in [0.15, 0.2) is 0 Å². The predicted octanol–water partition coefficient (Wildman–Crippen LogP) is 4.67. The Morgan fingerprint density at radius 3 is 2.79 bits per heavy atom. The van der Waals surface area contributed by atoms with Crippen molar-refractivity contribution in [3.8, 4) is 17.6 Å². The minimum atomic E-state index is 0.0661. The zero-order valence-electron chi connectivity index (χ0n) is 18.2. The lowest BCUT2D eigenvalue weighted by Crippen LogP contribution is -2.50. The summed E-state index contributed by atoms with van der Waals surface area (Å²) in [5, 5.41) is 11.6. The van der Waals surface area contributed by atoms with Gasteiger partial charge in [-0.15, -0.1) is 0 Å². The summed E-state index contributed by atoms with van der Waals surface area (Å²) >= 11 is 3.58. The maximum atomic E-state index is 13.2. The lowest BCUT2D eigenvalue weighted by Gasteiger charge is -2.35. The normalized spacial score (nSPS) is 17.5. The number of halogens is 1. The molecule has 7 rings (SSSR count). The van der Waals surface area contributed by atoms with Gasteiger partial charge < -0.3 is 14.2 Å². The summed E-state index contributed by atoms with van der Waals surface area (Å²) in [5.41, 5.74) is 3.34. The van der Waals surface area contributed by atoms with Crippen LogP contribution in [0.15, 0.2) is 65.5 Å². The predicted molar refractivity (Wildman–Crippen MR) is 132 cm³/mol. The van der Waals surface area contributed by atoms with Gasteiger partial charge in [-0.2, -0.15) is 5.26 Å². The topological polar surface area (TPSA) is 74.4 Å². The van der Waals surface area contributed by atoms with Gasteiger partial charge in [0.05, 0.1) is 29.8 Å². The Balaban J connectivity index is 1.53.